The van der Waals surface area contributed by atoms with E-state index in [1.807, 2.05) is 46.0 Å². The van der Waals surface area contributed by atoms with E-state index in [2.05, 4.69) is 15.6 Å². The van der Waals surface area contributed by atoms with Crippen molar-refractivity contribution in [3.05, 3.63) is 60.6 Å². The van der Waals surface area contributed by atoms with Crippen LogP contribution in [-0.2, 0) is 11.3 Å². The Bertz CT molecular complexity index is 1080. The summed E-state index contributed by atoms with van der Waals surface area (Å²) in [6.45, 7) is 1.71. The van der Waals surface area contributed by atoms with Gasteiger partial charge in [0.15, 0.2) is 0 Å². The van der Waals surface area contributed by atoms with Gasteiger partial charge in [-0.3, -0.25) is 4.79 Å². The number of rotatable bonds is 7. The van der Waals surface area contributed by atoms with E-state index in [-0.39, 0.29) is 18.0 Å². The van der Waals surface area contributed by atoms with Crippen molar-refractivity contribution in [3.63, 3.8) is 0 Å². The monoisotopic (exact) mass is 419 g/mol. The number of aromatic nitrogens is 2. The van der Waals surface area contributed by atoms with Gasteiger partial charge < -0.3 is 24.7 Å². The summed E-state index contributed by atoms with van der Waals surface area (Å²) in [7, 11) is 0. The summed E-state index contributed by atoms with van der Waals surface area (Å²) in [6, 6.07) is 10.9. The Morgan fingerprint density at radius 2 is 1.90 bits per heavy atom. The summed E-state index contributed by atoms with van der Waals surface area (Å²) in [6.07, 6.45) is 8.65. The molecule has 2 aliphatic rings. The lowest BCUT2D eigenvalue weighted by atomic mass is 10.1. The largest absolute Gasteiger partial charge is 0.487 e. The maximum Gasteiger partial charge on any atom is 0.319 e. The molecule has 3 heterocycles. The van der Waals surface area contributed by atoms with Crippen molar-refractivity contribution in [3.8, 4) is 5.75 Å². The van der Waals surface area contributed by atoms with Crippen LogP contribution in [0, 0.1) is 5.92 Å². The van der Waals surface area contributed by atoms with Crippen LogP contribution in [0.2, 0.25) is 0 Å². The third-order valence-corrected chi connectivity index (χ3v) is 5.69. The van der Waals surface area contributed by atoms with Gasteiger partial charge in [-0.15, -0.1) is 0 Å². The first kappa shape index (κ1) is 19.4. The van der Waals surface area contributed by atoms with Gasteiger partial charge in [-0.05, 0) is 60.7 Å². The molecule has 0 unspecified atom stereocenters. The van der Waals surface area contributed by atoms with Crippen molar-refractivity contribution in [2.45, 2.75) is 31.9 Å². The Labute approximate surface area is 180 Å². The van der Waals surface area contributed by atoms with Gasteiger partial charge >= 0.3 is 6.03 Å². The van der Waals surface area contributed by atoms with E-state index in [0.717, 1.165) is 17.0 Å². The lowest BCUT2D eigenvalue weighted by Gasteiger charge is -2.39. The summed E-state index contributed by atoms with van der Waals surface area (Å²) < 4.78 is 7.83. The van der Waals surface area contributed by atoms with E-state index in [9.17, 15) is 9.59 Å². The Morgan fingerprint density at radius 1 is 1.10 bits per heavy atom. The predicted octanol–water partition coefficient (Wildman–Crippen LogP) is 3.05. The van der Waals surface area contributed by atoms with Gasteiger partial charge in [0.2, 0.25) is 5.91 Å². The zero-order valence-corrected chi connectivity index (χ0v) is 17.2. The van der Waals surface area contributed by atoms with E-state index in [4.69, 9.17) is 4.74 Å². The molecule has 1 saturated heterocycles. The summed E-state index contributed by atoms with van der Waals surface area (Å²) in [4.78, 5) is 30.3. The molecule has 1 saturated carbocycles. The van der Waals surface area contributed by atoms with Crippen molar-refractivity contribution in [2.24, 2.45) is 5.92 Å². The molecule has 5 rings (SSSR count). The number of anilines is 1. The van der Waals surface area contributed by atoms with Gasteiger partial charge in [0, 0.05) is 37.2 Å². The topological polar surface area (TPSA) is 88.0 Å². The van der Waals surface area contributed by atoms with Crippen LogP contribution in [0.25, 0.3) is 5.65 Å². The van der Waals surface area contributed by atoms with Crippen LogP contribution in [0.5, 0.6) is 5.75 Å². The van der Waals surface area contributed by atoms with E-state index in [1.165, 1.54) is 12.8 Å². The number of nitrogens with zero attached hydrogens (tertiary/aromatic N) is 3. The van der Waals surface area contributed by atoms with Crippen molar-refractivity contribution in [1.29, 1.82) is 0 Å². The number of carbonyl (C=O) groups excluding carboxylic acids is 2. The molecule has 1 aromatic carbocycles. The average Bonchev–Trinajstić information content (AvgIpc) is 3.42. The normalized spacial score (nSPS) is 16.1. The molecule has 0 atom stereocenters. The Balaban J connectivity index is 1.05. The lowest BCUT2D eigenvalue weighted by molar-refractivity contribution is -0.140. The average molecular weight is 419 g/mol. The molecule has 8 nitrogen and oxygen atoms in total. The van der Waals surface area contributed by atoms with E-state index in [0.29, 0.717) is 37.7 Å². The number of ether oxygens (including phenoxy) is 1. The smallest absolute Gasteiger partial charge is 0.319 e. The minimum Gasteiger partial charge on any atom is -0.487 e. The highest BCUT2D eigenvalue weighted by Gasteiger charge is 2.35. The zero-order chi connectivity index (χ0) is 21.2. The molecule has 0 radical (unpaired) electrons. The van der Waals surface area contributed by atoms with Crippen LogP contribution in [0.4, 0.5) is 10.5 Å². The minimum atomic E-state index is -0.277. The number of pyridine rings is 1. The second kappa shape index (κ2) is 8.29. The number of hydrogen-bond donors (Lipinski definition) is 2. The van der Waals surface area contributed by atoms with Crippen molar-refractivity contribution in [2.75, 3.05) is 18.4 Å². The third kappa shape index (κ3) is 4.79. The molecule has 2 N–H and O–H groups in total. The Kier molecular flexibility index (Phi) is 5.19. The second-order valence-electron chi connectivity index (χ2n) is 8.25. The summed E-state index contributed by atoms with van der Waals surface area (Å²) in [5.74, 6) is 1.60. The molecule has 3 amide bonds. The molecule has 2 aromatic heterocycles. The molecule has 3 aromatic rings. The van der Waals surface area contributed by atoms with E-state index < -0.39 is 0 Å². The standard InChI is InChI=1S/C23H25N5O3/c29-22(12-16-1-2-16)28-14-20(15-28)31-19-5-3-18(4-6-19)26-23(30)25-13-17-7-9-27-10-8-24-21(27)11-17/h3-11,16,20H,1-2,12-15H2,(H2,25,26,30). The molecule has 2 fully saturated rings. The van der Waals surface area contributed by atoms with Crippen molar-refractivity contribution >= 4 is 23.3 Å². The molecular formula is C23H25N5O3. The molecule has 1 aliphatic carbocycles. The van der Waals surface area contributed by atoms with Gasteiger partial charge in [0.1, 0.15) is 17.5 Å². The molecule has 8 heteroatoms. The maximum absolute atomic E-state index is 12.2. The van der Waals surface area contributed by atoms with Crippen LogP contribution in [-0.4, -0.2) is 45.4 Å². The summed E-state index contributed by atoms with van der Waals surface area (Å²) in [5.41, 5.74) is 2.50. The number of likely N-dealkylation sites (tertiary alicyclic amines) is 1. The predicted molar refractivity (Wildman–Crippen MR) is 116 cm³/mol. The van der Waals surface area contributed by atoms with Crippen LogP contribution >= 0.6 is 0 Å². The highest BCUT2D eigenvalue weighted by atomic mass is 16.5. The highest BCUT2D eigenvalue weighted by molar-refractivity contribution is 5.89. The van der Waals surface area contributed by atoms with Crippen molar-refractivity contribution in [1.82, 2.24) is 19.6 Å². The van der Waals surface area contributed by atoms with Gasteiger partial charge in [-0.2, -0.15) is 0 Å². The lowest BCUT2D eigenvalue weighted by Crippen LogP contribution is -2.56. The third-order valence-electron chi connectivity index (χ3n) is 5.69. The van der Waals surface area contributed by atoms with Gasteiger partial charge in [0.25, 0.3) is 0 Å². The molecule has 0 spiro atoms. The SMILES string of the molecule is O=C(NCc1ccn2ccnc2c1)Nc1ccc(OC2CN(C(=O)CC3CC3)C2)cc1. The number of nitrogens with one attached hydrogen (secondary N) is 2. The Morgan fingerprint density at radius 3 is 2.68 bits per heavy atom. The van der Waals surface area contributed by atoms with Crippen LogP contribution in [0.15, 0.2) is 55.0 Å². The molecule has 1 aliphatic heterocycles. The number of carbonyl (C=O) groups is 2. The highest BCUT2D eigenvalue weighted by Crippen LogP contribution is 2.33. The zero-order valence-electron chi connectivity index (χ0n) is 17.2. The molecule has 31 heavy (non-hydrogen) atoms. The number of hydrogen-bond acceptors (Lipinski definition) is 4. The summed E-state index contributed by atoms with van der Waals surface area (Å²) in [5, 5.41) is 5.67. The number of urea groups is 1. The second-order valence-corrected chi connectivity index (χ2v) is 8.25. The number of benzene rings is 1. The van der Waals surface area contributed by atoms with Crippen LogP contribution < -0.4 is 15.4 Å². The summed E-state index contributed by atoms with van der Waals surface area (Å²) >= 11 is 0. The molecule has 0 bridgehead atoms. The molecular weight excluding hydrogens is 394 g/mol. The quantitative estimate of drug-likeness (QED) is 0.616. The first-order valence-electron chi connectivity index (χ1n) is 10.6. The van der Waals surface area contributed by atoms with Crippen molar-refractivity contribution < 1.29 is 14.3 Å². The molecule has 160 valence electrons. The van der Waals surface area contributed by atoms with Gasteiger partial charge in [-0.25, -0.2) is 9.78 Å². The number of imidazole rings is 1. The number of fused-ring (bicyclic) bond motifs is 1. The fourth-order valence-corrected chi connectivity index (χ4v) is 3.64. The first-order valence-corrected chi connectivity index (χ1v) is 10.6. The fraction of sp³-hybridized carbons (Fsp3) is 0.348. The van der Waals surface area contributed by atoms with Crippen LogP contribution in [0.3, 0.4) is 0 Å². The Hall–Kier alpha value is -3.55. The van der Waals surface area contributed by atoms with E-state index >= 15 is 0 Å². The maximum atomic E-state index is 12.2. The number of amides is 3. The first-order chi connectivity index (χ1) is 15.1. The minimum absolute atomic E-state index is 0.0395. The van der Waals surface area contributed by atoms with Gasteiger partial charge in [0.05, 0.1) is 13.1 Å². The fourth-order valence-electron chi connectivity index (χ4n) is 3.64. The van der Waals surface area contributed by atoms with E-state index in [1.54, 1.807) is 18.3 Å². The van der Waals surface area contributed by atoms with Crippen LogP contribution in [0.1, 0.15) is 24.8 Å². The van der Waals surface area contributed by atoms with Gasteiger partial charge in [-0.1, -0.05) is 0 Å².